The maximum atomic E-state index is 13.1. The van der Waals surface area contributed by atoms with Gasteiger partial charge in [-0.15, -0.1) is 5.10 Å². The second-order valence-electron chi connectivity index (χ2n) is 3.80. The molecule has 2 heterocycles. The van der Waals surface area contributed by atoms with Gasteiger partial charge in [-0.1, -0.05) is 9.73 Å². The van der Waals surface area contributed by atoms with E-state index in [2.05, 4.69) is 25.6 Å². The Labute approximate surface area is 98.3 Å². The van der Waals surface area contributed by atoms with E-state index in [-0.39, 0.29) is 22.8 Å². The van der Waals surface area contributed by atoms with Gasteiger partial charge in [-0.05, 0) is 28.6 Å². The van der Waals surface area contributed by atoms with Gasteiger partial charge >= 0.3 is 0 Å². The Balaban J connectivity index is 2.12. The Morgan fingerprint density at radius 3 is 2.94 bits per heavy atom. The van der Waals surface area contributed by atoms with Crippen LogP contribution in [-0.4, -0.2) is 36.0 Å². The first-order valence-corrected chi connectivity index (χ1v) is 5.05. The van der Waals surface area contributed by atoms with Gasteiger partial charge in [0.05, 0.1) is 0 Å². The number of carbonyl (C=O) groups is 1. The molecule has 8 heteroatoms. The van der Waals surface area contributed by atoms with Crippen LogP contribution in [0.15, 0.2) is 18.2 Å². The summed E-state index contributed by atoms with van der Waals surface area (Å²) in [5.41, 5.74) is 1.33. The summed E-state index contributed by atoms with van der Waals surface area (Å²) >= 11 is 0. The number of hydrogen-bond acceptors (Lipinski definition) is 6. The van der Waals surface area contributed by atoms with Crippen molar-refractivity contribution in [3.63, 3.8) is 0 Å². The van der Waals surface area contributed by atoms with Crippen LogP contribution in [0, 0.1) is 5.82 Å². The molecule has 3 aromatic rings. The number of ketones is 1. The molecule has 0 radical (unpaired) electrons. The average molecular weight is 242 g/mol. The van der Waals surface area contributed by atoms with E-state index < -0.39 is 5.82 Å². The van der Waals surface area contributed by atoms with Crippen molar-refractivity contribution < 1.29 is 9.18 Å². The molecule has 0 amide bonds. The number of aromatic nitrogens is 6. The summed E-state index contributed by atoms with van der Waals surface area (Å²) in [6, 6.07) is 3.95. The number of tetrazole rings is 1. The molecule has 0 saturated heterocycles. The first-order chi connectivity index (χ1) is 8.74. The van der Waals surface area contributed by atoms with Gasteiger partial charge in [-0.3, -0.25) is 4.79 Å². The Morgan fingerprint density at radius 1 is 1.17 bits per heavy atom. The summed E-state index contributed by atoms with van der Waals surface area (Å²) in [7, 11) is 0. The fraction of sp³-hybridized carbons (Fsp3) is 0. The fourth-order valence-electron chi connectivity index (χ4n) is 1.98. The molecule has 1 aliphatic rings. The van der Waals surface area contributed by atoms with Gasteiger partial charge < -0.3 is 0 Å². The summed E-state index contributed by atoms with van der Waals surface area (Å²) in [5, 5.41) is 14.6. The number of benzene rings is 1. The maximum Gasteiger partial charge on any atom is 0.291 e. The lowest BCUT2D eigenvalue weighted by atomic mass is 10.1. The third-order valence-corrected chi connectivity index (χ3v) is 2.77. The molecule has 0 saturated carbocycles. The summed E-state index contributed by atoms with van der Waals surface area (Å²) in [5.74, 6) is -0.650. The molecule has 0 N–H and O–H groups in total. The van der Waals surface area contributed by atoms with Crippen molar-refractivity contribution in [2.75, 3.05) is 0 Å². The third-order valence-electron chi connectivity index (χ3n) is 2.77. The highest BCUT2D eigenvalue weighted by Crippen LogP contribution is 2.33. The predicted octanol–water partition coefficient (Wildman–Crippen LogP) is 0.265. The average Bonchev–Trinajstić information content (AvgIpc) is 2.92. The van der Waals surface area contributed by atoms with Gasteiger partial charge in [-0.2, -0.15) is 0 Å². The van der Waals surface area contributed by atoms with E-state index in [9.17, 15) is 9.18 Å². The van der Waals surface area contributed by atoms with E-state index in [0.717, 1.165) is 4.63 Å². The van der Waals surface area contributed by atoms with Crippen molar-refractivity contribution >= 4 is 11.6 Å². The zero-order valence-corrected chi connectivity index (χ0v) is 8.70. The van der Waals surface area contributed by atoms with Crippen LogP contribution in [0.4, 0.5) is 4.39 Å². The van der Waals surface area contributed by atoms with Gasteiger partial charge in [-0.25, -0.2) is 9.37 Å². The maximum absolute atomic E-state index is 13.1. The van der Waals surface area contributed by atoms with Gasteiger partial charge in [0.2, 0.25) is 5.78 Å². The number of fused-ring (bicyclic) bond motifs is 4. The molecule has 0 spiro atoms. The van der Waals surface area contributed by atoms with Crippen LogP contribution in [0.2, 0.25) is 0 Å². The van der Waals surface area contributed by atoms with Crippen molar-refractivity contribution in [2.24, 2.45) is 0 Å². The summed E-state index contributed by atoms with van der Waals surface area (Å²) in [4.78, 5) is 16.2. The standard InChI is InChI=1S/C10H3FN6O/c11-4-1-2-5-6(3-4)9(18)8-7(5)12-10-13-15-16-17(10)14-8/h1-3H. The lowest BCUT2D eigenvalue weighted by Gasteiger charge is -1.97. The Hall–Kier alpha value is -2.77. The quantitative estimate of drug-likeness (QED) is 0.439. The Kier molecular flexibility index (Phi) is 1.50. The highest BCUT2D eigenvalue weighted by Gasteiger charge is 2.31. The molecule has 86 valence electrons. The number of halogens is 1. The molecule has 1 aromatic carbocycles. The van der Waals surface area contributed by atoms with Gasteiger partial charge in [0, 0.05) is 11.1 Å². The number of nitrogens with zero attached hydrogens (tertiary/aromatic N) is 6. The minimum absolute atomic E-state index is 0.135. The van der Waals surface area contributed by atoms with Crippen molar-refractivity contribution in [2.45, 2.75) is 0 Å². The molecule has 2 aromatic heterocycles. The van der Waals surface area contributed by atoms with E-state index in [0.29, 0.717) is 11.3 Å². The van der Waals surface area contributed by atoms with Crippen LogP contribution in [0.3, 0.4) is 0 Å². The third kappa shape index (κ3) is 1.01. The van der Waals surface area contributed by atoms with E-state index in [1.807, 2.05) is 0 Å². The normalized spacial score (nSPS) is 12.8. The first kappa shape index (κ1) is 9.28. The minimum atomic E-state index is -0.473. The minimum Gasteiger partial charge on any atom is -0.287 e. The first-order valence-electron chi connectivity index (χ1n) is 5.05. The van der Waals surface area contributed by atoms with E-state index in [1.54, 1.807) is 0 Å². The van der Waals surface area contributed by atoms with Crippen molar-refractivity contribution in [1.29, 1.82) is 0 Å². The van der Waals surface area contributed by atoms with Crippen LogP contribution in [0.25, 0.3) is 17.0 Å². The summed E-state index contributed by atoms with van der Waals surface area (Å²) in [6.45, 7) is 0. The monoisotopic (exact) mass is 242 g/mol. The molecule has 0 unspecified atom stereocenters. The fourth-order valence-corrected chi connectivity index (χ4v) is 1.98. The molecule has 0 bridgehead atoms. The van der Waals surface area contributed by atoms with Crippen LogP contribution in [0.1, 0.15) is 16.1 Å². The van der Waals surface area contributed by atoms with E-state index in [1.165, 1.54) is 18.2 Å². The molecule has 7 nitrogen and oxygen atoms in total. The summed E-state index contributed by atoms with van der Waals surface area (Å²) in [6.07, 6.45) is 0. The van der Waals surface area contributed by atoms with Crippen LogP contribution in [0.5, 0.6) is 0 Å². The lowest BCUT2D eigenvalue weighted by Crippen LogP contribution is -2.06. The molecule has 0 fully saturated rings. The number of hydrogen-bond donors (Lipinski definition) is 0. The zero-order chi connectivity index (χ0) is 12.3. The molecule has 0 atom stereocenters. The van der Waals surface area contributed by atoms with E-state index in [4.69, 9.17) is 0 Å². The highest BCUT2D eigenvalue weighted by molar-refractivity contribution is 6.19. The van der Waals surface area contributed by atoms with Crippen LogP contribution in [-0.2, 0) is 0 Å². The second kappa shape index (κ2) is 2.92. The molecular weight excluding hydrogens is 239 g/mol. The molecule has 1 aliphatic carbocycles. The van der Waals surface area contributed by atoms with Gasteiger partial charge in [0.25, 0.3) is 5.78 Å². The lowest BCUT2D eigenvalue weighted by molar-refractivity contribution is 0.103. The smallest absolute Gasteiger partial charge is 0.287 e. The van der Waals surface area contributed by atoms with Gasteiger partial charge in [0.15, 0.2) is 5.69 Å². The van der Waals surface area contributed by atoms with Crippen LogP contribution < -0.4 is 0 Å². The molecular formula is C10H3FN6O. The number of rotatable bonds is 0. The SMILES string of the molecule is O=C1c2cc(F)ccc2-c2nc3nnnn3nc21. The highest BCUT2D eigenvalue weighted by atomic mass is 19.1. The molecule has 18 heavy (non-hydrogen) atoms. The second-order valence-corrected chi connectivity index (χ2v) is 3.80. The van der Waals surface area contributed by atoms with Crippen molar-refractivity contribution in [3.8, 4) is 11.3 Å². The number of carbonyl (C=O) groups excluding carboxylic acids is 1. The zero-order valence-electron chi connectivity index (χ0n) is 8.70. The molecule has 4 rings (SSSR count). The Bertz CT molecular complexity index is 826. The predicted molar refractivity (Wildman–Crippen MR) is 55.2 cm³/mol. The Morgan fingerprint density at radius 2 is 2.06 bits per heavy atom. The summed E-state index contributed by atoms with van der Waals surface area (Å²) < 4.78 is 14.2. The largest absolute Gasteiger partial charge is 0.291 e. The van der Waals surface area contributed by atoms with Crippen molar-refractivity contribution in [1.82, 2.24) is 30.2 Å². The van der Waals surface area contributed by atoms with Crippen molar-refractivity contribution in [3.05, 3.63) is 35.3 Å². The van der Waals surface area contributed by atoms with E-state index >= 15 is 0 Å². The van der Waals surface area contributed by atoms with Crippen LogP contribution >= 0.6 is 0 Å². The molecule has 0 aliphatic heterocycles. The topological polar surface area (TPSA) is 85.9 Å². The van der Waals surface area contributed by atoms with Gasteiger partial charge in [0.1, 0.15) is 11.5 Å².